The third-order valence-electron chi connectivity index (χ3n) is 5.62. The van der Waals surface area contributed by atoms with Crippen LogP contribution in [0.3, 0.4) is 0 Å². The van der Waals surface area contributed by atoms with Crippen molar-refractivity contribution in [1.82, 2.24) is 10.3 Å². The highest BCUT2D eigenvalue weighted by atomic mass is 35.5. The number of esters is 1. The van der Waals surface area contributed by atoms with Crippen molar-refractivity contribution in [2.75, 3.05) is 23.0 Å². The highest BCUT2D eigenvalue weighted by Crippen LogP contribution is 2.24. The minimum absolute atomic E-state index is 0.00478. The van der Waals surface area contributed by atoms with Crippen LogP contribution in [0.25, 0.3) is 6.08 Å². The summed E-state index contributed by atoms with van der Waals surface area (Å²) in [6, 6.07) is 22.5. The summed E-state index contributed by atoms with van der Waals surface area (Å²) in [7, 11) is 0. The average Bonchev–Trinajstić information content (AvgIpc) is 3.43. The number of amides is 3. The first kappa shape index (κ1) is 31.5. The van der Waals surface area contributed by atoms with Gasteiger partial charge in [-0.1, -0.05) is 54.1 Å². The summed E-state index contributed by atoms with van der Waals surface area (Å²) < 4.78 is 4.92. The third kappa shape index (κ3) is 9.81. The molecule has 1 aromatic heterocycles. The molecular formula is C31H27ClN4O5S2. The predicted molar refractivity (Wildman–Crippen MR) is 170 cm³/mol. The topological polar surface area (TPSA) is 126 Å². The number of thioether (sulfide) groups is 1. The summed E-state index contributed by atoms with van der Waals surface area (Å²) in [6.45, 7) is 2.02. The number of carbonyl (C=O) groups is 4. The molecule has 9 nitrogen and oxygen atoms in total. The Kier molecular flexibility index (Phi) is 11.5. The zero-order valence-electron chi connectivity index (χ0n) is 23.0. The normalized spacial score (nSPS) is 11.0. The number of ether oxygens (including phenoxy) is 1. The van der Waals surface area contributed by atoms with Crippen LogP contribution in [-0.2, 0) is 25.5 Å². The zero-order valence-corrected chi connectivity index (χ0v) is 25.4. The standard InChI is InChI=1S/C31H27ClN4O5S2/c1-2-41-28(38)17-23-18-43-31(34-23)36-27(37)19-42-24-13-8-12-22(16-24)33-30(40)26(15-21-11-6-7-14-25(21)32)35-29(39)20-9-4-3-5-10-20/h3-16,18H,2,17,19H2,1H3,(H,33,40)(H,35,39)(H,34,36,37)/b26-15+. The van der Waals surface area contributed by atoms with Crippen LogP contribution in [0.2, 0.25) is 5.02 Å². The molecule has 4 rings (SSSR count). The van der Waals surface area contributed by atoms with Crippen LogP contribution < -0.4 is 16.0 Å². The summed E-state index contributed by atoms with van der Waals surface area (Å²) in [5, 5.41) is 10.7. The van der Waals surface area contributed by atoms with Gasteiger partial charge >= 0.3 is 5.97 Å². The van der Waals surface area contributed by atoms with E-state index < -0.39 is 11.8 Å². The number of hydrogen-bond donors (Lipinski definition) is 3. The van der Waals surface area contributed by atoms with Gasteiger partial charge in [-0.15, -0.1) is 23.1 Å². The second kappa shape index (κ2) is 15.7. The van der Waals surface area contributed by atoms with Gasteiger partial charge in [0, 0.05) is 26.5 Å². The summed E-state index contributed by atoms with van der Waals surface area (Å²) in [6.07, 6.45) is 1.55. The van der Waals surface area contributed by atoms with Crippen molar-refractivity contribution in [2.45, 2.75) is 18.2 Å². The fourth-order valence-electron chi connectivity index (χ4n) is 3.66. The van der Waals surface area contributed by atoms with E-state index in [4.69, 9.17) is 16.3 Å². The van der Waals surface area contributed by atoms with E-state index >= 15 is 0 Å². The molecule has 0 aliphatic rings. The van der Waals surface area contributed by atoms with Crippen molar-refractivity contribution in [3.63, 3.8) is 0 Å². The van der Waals surface area contributed by atoms with Crippen molar-refractivity contribution in [1.29, 1.82) is 0 Å². The van der Waals surface area contributed by atoms with Crippen molar-refractivity contribution >= 4 is 75.3 Å². The van der Waals surface area contributed by atoms with E-state index in [1.54, 1.807) is 85.1 Å². The quantitative estimate of drug-likeness (QED) is 0.0985. The van der Waals surface area contributed by atoms with Crippen molar-refractivity contribution in [3.05, 3.63) is 112 Å². The lowest BCUT2D eigenvalue weighted by Crippen LogP contribution is -2.30. The highest BCUT2D eigenvalue weighted by Gasteiger charge is 2.16. The first-order valence-corrected chi connectivity index (χ1v) is 15.3. The summed E-state index contributed by atoms with van der Waals surface area (Å²) in [4.78, 5) is 55.3. The Morgan fingerprint density at radius 2 is 1.74 bits per heavy atom. The Hall–Kier alpha value is -4.45. The summed E-state index contributed by atoms with van der Waals surface area (Å²) >= 11 is 8.80. The van der Waals surface area contributed by atoms with Gasteiger partial charge in [0.2, 0.25) is 5.91 Å². The van der Waals surface area contributed by atoms with Gasteiger partial charge in [0.05, 0.1) is 24.5 Å². The molecule has 0 atom stereocenters. The van der Waals surface area contributed by atoms with Crippen LogP contribution in [0.5, 0.6) is 0 Å². The van der Waals surface area contributed by atoms with E-state index in [-0.39, 0.29) is 29.7 Å². The van der Waals surface area contributed by atoms with Gasteiger partial charge in [-0.25, -0.2) is 4.98 Å². The molecule has 3 N–H and O–H groups in total. The average molecular weight is 635 g/mol. The Labute approximate surface area is 261 Å². The summed E-state index contributed by atoms with van der Waals surface area (Å²) in [5.74, 6) is -1.55. The lowest BCUT2D eigenvalue weighted by Gasteiger charge is -2.12. The van der Waals surface area contributed by atoms with E-state index in [1.807, 2.05) is 6.07 Å². The van der Waals surface area contributed by atoms with Gasteiger partial charge in [0.1, 0.15) is 5.70 Å². The first-order valence-electron chi connectivity index (χ1n) is 13.1. The fourth-order valence-corrected chi connectivity index (χ4v) is 5.33. The molecule has 0 saturated heterocycles. The molecule has 3 amide bonds. The monoisotopic (exact) mass is 634 g/mol. The van der Waals surface area contributed by atoms with Crippen molar-refractivity contribution in [3.8, 4) is 0 Å². The lowest BCUT2D eigenvalue weighted by molar-refractivity contribution is -0.142. The number of carbonyl (C=O) groups excluding carboxylic acids is 4. The Morgan fingerprint density at radius 3 is 2.51 bits per heavy atom. The predicted octanol–water partition coefficient (Wildman–Crippen LogP) is 6.04. The molecule has 0 spiro atoms. The molecule has 0 fully saturated rings. The van der Waals surface area contributed by atoms with E-state index in [1.165, 1.54) is 29.2 Å². The minimum atomic E-state index is -0.550. The number of hydrogen-bond acceptors (Lipinski definition) is 8. The minimum Gasteiger partial charge on any atom is -0.466 e. The first-order chi connectivity index (χ1) is 20.8. The van der Waals surface area contributed by atoms with E-state index in [0.29, 0.717) is 39.3 Å². The van der Waals surface area contributed by atoms with Crippen LogP contribution >= 0.6 is 34.7 Å². The zero-order chi connectivity index (χ0) is 30.6. The Balaban J connectivity index is 1.39. The van der Waals surface area contributed by atoms with Crippen LogP contribution in [0, 0.1) is 0 Å². The van der Waals surface area contributed by atoms with Gasteiger partial charge in [0.15, 0.2) is 5.13 Å². The van der Waals surface area contributed by atoms with Gasteiger partial charge in [-0.05, 0) is 55.0 Å². The molecule has 1 heterocycles. The van der Waals surface area contributed by atoms with E-state index in [2.05, 4.69) is 20.9 Å². The molecule has 0 aliphatic heterocycles. The van der Waals surface area contributed by atoms with Crippen molar-refractivity contribution < 1.29 is 23.9 Å². The highest BCUT2D eigenvalue weighted by molar-refractivity contribution is 8.00. The van der Waals surface area contributed by atoms with Gasteiger partial charge in [-0.2, -0.15) is 0 Å². The Bertz CT molecular complexity index is 1640. The molecule has 4 aromatic rings. The van der Waals surface area contributed by atoms with Crippen molar-refractivity contribution in [2.24, 2.45) is 0 Å². The van der Waals surface area contributed by atoms with Crippen LogP contribution in [-0.4, -0.2) is 41.0 Å². The number of anilines is 2. The fraction of sp³-hybridized carbons (Fsp3) is 0.129. The number of benzene rings is 3. The smallest absolute Gasteiger partial charge is 0.311 e. The van der Waals surface area contributed by atoms with Gasteiger partial charge in [0.25, 0.3) is 11.8 Å². The maximum absolute atomic E-state index is 13.3. The van der Waals surface area contributed by atoms with Crippen LogP contribution in [0.15, 0.2) is 94.8 Å². The van der Waals surface area contributed by atoms with Gasteiger partial charge < -0.3 is 20.7 Å². The number of halogens is 1. The molecule has 220 valence electrons. The molecule has 0 bridgehead atoms. The Morgan fingerprint density at radius 1 is 0.977 bits per heavy atom. The number of thiazole rings is 1. The molecule has 0 aliphatic carbocycles. The van der Waals surface area contributed by atoms with E-state index in [9.17, 15) is 19.2 Å². The SMILES string of the molecule is CCOC(=O)Cc1csc(NC(=O)CSc2cccc(NC(=O)/C(=C\c3ccccc3Cl)NC(=O)c3ccccc3)c2)n1. The second-order valence-corrected chi connectivity index (χ2v) is 11.2. The number of nitrogens with one attached hydrogen (secondary N) is 3. The maximum Gasteiger partial charge on any atom is 0.311 e. The molecule has 43 heavy (non-hydrogen) atoms. The van der Waals surface area contributed by atoms with Crippen LogP contribution in [0.4, 0.5) is 10.8 Å². The largest absolute Gasteiger partial charge is 0.466 e. The summed E-state index contributed by atoms with van der Waals surface area (Å²) in [5.41, 5.74) is 1.96. The molecule has 0 radical (unpaired) electrons. The molecule has 3 aromatic carbocycles. The second-order valence-electron chi connectivity index (χ2n) is 8.84. The molecular weight excluding hydrogens is 608 g/mol. The van der Waals surface area contributed by atoms with Gasteiger partial charge in [-0.3, -0.25) is 19.2 Å². The molecule has 12 heteroatoms. The third-order valence-corrected chi connectivity index (χ3v) is 7.77. The number of aromatic nitrogens is 1. The number of nitrogens with zero attached hydrogens (tertiary/aromatic N) is 1. The van der Waals surface area contributed by atoms with E-state index in [0.717, 1.165) is 4.90 Å². The number of rotatable bonds is 12. The van der Waals surface area contributed by atoms with Crippen LogP contribution in [0.1, 0.15) is 28.5 Å². The molecule has 0 saturated carbocycles. The maximum atomic E-state index is 13.3. The lowest BCUT2D eigenvalue weighted by atomic mass is 10.1. The molecule has 0 unspecified atom stereocenters.